The van der Waals surface area contributed by atoms with Crippen LogP contribution < -0.4 is 0 Å². The van der Waals surface area contributed by atoms with E-state index in [9.17, 15) is 9.90 Å². The van der Waals surface area contributed by atoms with E-state index in [4.69, 9.17) is 0 Å². The lowest BCUT2D eigenvalue weighted by Crippen LogP contribution is -2.30. The van der Waals surface area contributed by atoms with Gasteiger partial charge in [0.05, 0.1) is 0 Å². The molecule has 0 unspecified atom stereocenters. The topological polar surface area (TPSA) is 37.3 Å². The van der Waals surface area contributed by atoms with E-state index in [2.05, 4.69) is 0 Å². The molecule has 0 bridgehead atoms. The average Bonchev–Trinajstić information content (AvgIpc) is 2.15. The third kappa shape index (κ3) is 1.02. The molecule has 50 valence electrons. The van der Waals surface area contributed by atoms with Crippen molar-refractivity contribution < 1.29 is 9.90 Å². The number of carbonyl (C=O) groups excluding carboxylic acids is 1. The summed E-state index contributed by atoms with van der Waals surface area (Å²) in [5, 5.41) is 10.8. The van der Waals surface area contributed by atoms with E-state index < -0.39 is 5.60 Å². The number of hydrogen-bond donors (Lipinski definition) is 1. The average molecular weight is 144 g/mol. The highest BCUT2D eigenvalue weighted by atomic mass is 32.2. The van der Waals surface area contributed by atoms with Crippen molar-refractivity contribution in [2.24, 2.45) is 0 Å². The van der Waals surface area contributed by atoms with E-state index in [0.29, 0.717) is 6.42 Å². The molecule has 0 spiro atoms. The summed E-state index contributed by atoms with van der Waals surface area (Å²) in [5.74, 6) is 0. The van der Waals surface area contributed by atoms with E-state index in [1.807, 2.05) is 0 Å². The zero-order valence-electron chi connectivity index (χ0n) is 5.13. The van der Waals surface area contributed by atoms with Crippen LogP contribution in [0.5, 0.6) is 0 Å². The lowest BCUT2D eigenvalue weighted by molar-refractivity contribution is -0.123. The van der Waals surface area contributed by atoms with Crippen molar-refractivity contribution in [1.29, 1.82) is 0 Å². The van der Waals surface area contributed by atoms with Gasteiger partial charge in [-0.05, 0) is 17.9 Å². The summed E-state index contributed by atoms with van der Waals surface area (Å²) in [7, 11) is 0. The van der Waals surface area contributed by atoms with Crippen molar-refractivity contribution in [2.45, 2.75) is 18.9 Å². The summed E-state index contributed by atoms with van der Waals surface area (Å²) in [6.45, 7) is 1.79. The normalized spacial score (nSPS) is 33.8. The first-order valence-corrected chi connectivity index (χ1v) is 3.68. The van der Waals surface area contributed by atoms with Crippen molar-refractivity contribution in [3.63, 3.8) is 0 Å². The Bertz CT molecular complexity index is 164. The highest BCUT2D eigenvalue weighted by Crippen LogP contribution is 2.28. The zero-order chi connectivity index (χ0) is 6.91. The monoisotopic (exact) mass is 144 g/mol. The molecule has 0 aromatic rings. The molecular formula is C6H8O2S. The summed E-state index contributed by atoms with van der Waals surface area (Å²) < 4.78 is 0. The number of hydrogen-bond acceptors (Lipinski definition) is 3. The standard InChI is InChI=1S/C6H8O2S/c1-2-6(8)3-4-9-5(6)7/h3-4,8H,2H2,1H3/t6-/m1/s1. The van der Waals surface area contributed by atoms with Crippen molar-refractivity contribution >= 4 is 16.9 Å². The second-order valence-corrected chi connectivity index (χ2v) is 2.86. The van der Waals surface area contributed by atoms with Crippen LogP contribution >= 0.6 is 11.8 Å². The van der Waals surface area contributed by atoms with Gasteiger partial charge in [0.15, 0.2) is 5.60 Å². The molecule has 1 atom stereocenters. The molecule has 3 heteroatoms. The maximum absolute atomic E-state index is 10.8. The van der Waals surface area contributed by atoms with E-state index >= 15 is 0 Å². The van der Waals surface area contributed by atoms with Crippen molar-refractivity contribution in [3.05, 3.63) is 11.5 Å². The fraction of sp³-hybridized carbons (Fsp3) is 0.500. The van der Waals surface area contributed by atoms with Gasteiger partial charge >= 0.3 is 0 Å². The van der Waals surface area contributed by atoms with Crippen LogP contribution in [0.4, 0.5) is 0 Å². The Morgan fingerprint density at radius 1 is 1.89 bits per heavy atom. The summed E-state index contributed by atoms with van der Waals surface area (Å²) >= 11 is 1.06. The van der Waals surface area contributed by atoms with E-state index in [-0.39, 0.29) is 5.12 Å². The Labute approximate surface area is 57.9 Å². The van der Waals surface area contributed by atoms with Gasteiger partial charge in [0.2, 0.25) is 5.12 Å². The van der Waals surface area contributed by atoms with Gasteiger partial charge in [-0.2, -0.15) is 0 Å². The predicted octanol–water partition coefficient (Wildman–Crippen LogP) is 0.915. The Balaban J connectivity index is 2.78. The van der Waals surface area contributed by atoms with Gasteiger partial charge in [0, 0.05) is 0 Å². The van der Waals surface area contributed by atoms with Crippen LogP contribution in [-0.4, -0.2) is 15.8 Å². The second kappa shape index (κ2) is 2.15. The lowest BCUT2D eigenvalue weighted by Gasteiger charge is -2.13. The van der Waals surface area contributed by atoms with Crippen LogP contribution in [0.15, 0.2) is 11.5 Å². The molecule has 9 heavy (non-hydrogen) atoms. The number of carbonyl (C=O) groups is 1. The summed E-state index contributed by atoms with van der Waals surface area (Å²) in [6.07, 6.45) is 2.01. The molecule has 0 amide bonds. The van der Waals surface area contributed by atoms with Crippen LogP contribution in [0.25, 0.3) is 0 Å². The molecule has 0 aromatic heterocycles. The third-order valence-electron chi connectivity index (χ3n) is 1.41. The SMILES string of the molecule is CC[C@@]1(O)C=CSC1=O. The molecule has 0 saturated heterocycles. The third-order valence-corrected chi connectivity index (χ3v) is 2.25. The molecule has 2 nitrogen and oxygen atoms in total. The van der Waals surface area contributed by atoms with Crippen molar-refractivity contribution in [2.75, 3.05) is 0 Å². The number of rotatable bonds is 1. The van der Waals surface area contributed by atoms with Crippen LogP contribution in [0, 0.1) is 0 Å². The summed E-state index contributed by atoms with van der Waals surface area (Å²) in [4.78, 5) is 10.8. The Morgan fingerprint density at radius 2 is 2.56 bits per heavy atom. The smallest absolute Gasteiger partial charge is 0.228 e. The molecule has 0 aliphatic carbocycles. The maximum atomic E-state index is 10.8. The van der Waals surface area contributed by atoms with E-state index in [1.54, 1.807) is 18.4 Å². The predicted molar refractivity (Wildman–Crippen MR) is 37.0 cm³/mol. The maximum Gasteiger partial charge on any atom is 0.228 e. The highest BCUT2D eigenvalue weighted by Gasteiger charge is 2.34. The van der Waals surface area contributed by atoms with Crippen molar-refractivity contribution in [1.82, 2.24) is 0 Å². The first kappa shape index (κ1) is 6.83. The Morgan fingerprint density at radius 3 is 2.78 bits per heavy atom. The molecule has 0 saturated carbocycles. The molecule has 1 aliphatic rings. The molecule has 1 heterocycles. The van der Waals surface area contributed by atoms with Crippen LogP contribution in [0.1, 0.15) is 13.3 Å². The molecule has 1 rings (SSSR count). The van der Waals surface area contributed by atoms with E-state index in [0.717, 1.165) is 11.8 Å². The summed E-state index contributed by atoms with van der Waals surface area (Å²) in [6, 6.07) is 0. The van der Waals surface area contributed by atoms with Crippen LogP contribution in [-0.2, 0) is 4.79 Å². The molecule has 0 aromatic carbocycles. The van der Waals surface area contributed by atoms with E-state index in [1.165, 1.54) is 0 Å². The van der Waals surface area contributed by atoms with Gasteiger partial charge in [-0.15, -0.1) is 0 Å². The second-order valence-electron chi connectivity index (χ2n) is 1.99. The minimum absolute atomic E-state index is 0.162. The Hall–Kier alpha value is -0.280. The minimum atomic E-state index is -1.16. The summed E-state index contributed by atoms with van der Waals surface area (Å²) in [5.41, 5.74) is -1.16. The van der Waals surface area contributed by atoms with Crippen molar-refractivity contribution in [3.8, 4) is 0 Å². The number of thioether (sulfide) groups is 1. The minimum Gasteiger partial charge on any atom is -0.377 e. The molecule has 0 fully saturated rings. The van der Waals surface area contributed by atoms with Crippen LogP contribution in [0.3, 0.4) is 0 Å². The zero-order valence-corrected chi connectivity index (χ0v) is 5.94. The molecule has 0 radical (unpaired) electrons. The molecular weight excluding hydrogens is 136 g/mol. The quantitative estimate of drug-likeness (QED) is 0.594. The van der Waals surface area contributed by atoms with Gasteiger partial charge < -0.3 is 5.11 Å². The van der Waals surface area contributed by atoms with Gasteiger partial charge in [0.25, 0.3) is 0 Å². The van der Waals surface area contributed by atoms with Gasteiger partial charge in [-0.3, -0.25) is 4.79 Å². The highest BCUT2D eigenvalue weighted by molar-refractivity contribution is 8.16. The lowest BCUT2D eigenvalue weighted by atomic mass is 10.0. The van der Waals surface area contributed by atoms with Gasteiger partial charge in [-0.1, -0.05) is 18.7 Å². The fourth-order valence-electron chi connectivity index (χ4n) is 0.641. The first-order chi connectivity index (χ1) is 4.19. The van der Waals surface area contributed by atoms with Crippen LogP contribution in [0.2, 0.25) is 0 Å². The van der Waals surface area contributed by atoms with Gasteiger partial charge in [-0.25, -0.2) is 0 Å². The molecule has 1 aliphatic heterocycles. The fourth-order valence-corrected chi connectivity index (χ4v) is 1.47. The van der Waals surface area contributed by atoms with Gasteiger partial charge in [0.1, 0.15) is 0 Å². The first-order valence-electron chi connectivity index (χ1n) is 2.80. The largest absolute Gasteiger partial charge is 0.377 e. The molecule has 1 N–H and O–H groups in total. The number of aliphatic hydroxyl groups is 1. The Kier molecular flexibility index (Phi) is 1.64.